The number of rotatable bonds is 4. The molecule has 0 aromatic carbocycles. The first kappa shape index (κ1) is 12.1. The van der Waals surface area contributed by atoms with Crippen LogP contribution in [0.3, 0.4) is 0 Å². The van der Waals surface area contributed by atoms with E-state index in [2.05, 4.69) is 20.7 Å². The number of nitrogens with zero attached hydrogens (tertiary/aromatic N) is 3. The molecule has 0 saturated carbocycles. The summed E-state index contributed by atoms with van der Waals surface area (Å²) in [4.78, 5) is 19.9. The minimum atomic E-state index is -0.197. The molecule has 0 aliphatic heterocycles. The van der Waals surface area contributed by atoms with Gasteiger partial charge in [0.1, 0.15) is 11.6 Å². The second kappa shape index (κ2) is 5.28. The van der Waals surface area contributed by atoms with Crippen LogP contribution in [0.15, 0.2) is 30.7 Å². The Hall–Kier alpha value is -2.41. The molecule has 0 aliphatic carbocycles. The molecule has 1 amide bonds. The SMILES string of the molecule is Cn1ccnc1CNC(=O)c1ccnc(NN)c1. The van der Waals surface area contributed by atoms with Crippen molar-refractivity contribution in [3.63, 3.8) is 0 Å². The van der Waals surface area contributed by atoms with E-state index in [4.69, 9.17) is 5.84 Å². The number of amides is 1. The Bertz CT molecular complexity index is 550. The van der Waals surface area contributed by atoms with E-state index in [9.17, 15) is 4.79 Å². The van der Waals surface area contributed by atoms with Gasteiger partial charge in [0, 0.05) is 31.2 Å². The Morgan fingerprint density at radius 2 is 2.28 bits per heavy atom. The number of nitrogen functional groups attached to an aromatic ring is 1. The van der Waals surface area contributed by atoms with E-state index in [1.807, 2.05) is 17.8 Å². The summed E-state index contributed by atoms with van der Waals surface area (Å²) in [5.41, 5.74) is 2.89. The molecule has 7 nitrogen and oxygen atoms in total. The maximum absolute atomic E-state index is 11.9. The van der Waals surface area contributed by atoms with Gasteiger partial charge in [-0.15, -0.1) is 0 Å². The minimum Gasteiger partial charge on any atom is -0.345 e. The molecule has 0 fully saturated rings. The Balaban J connectivity index is 2.01. The number of hydrogen-bond donors (Lipinski definition) is 3. The van der Waals surface area contributed by atoms with Gasteiger partial charge in [-0.25, -0.2) is 15.8 Å². The topological polar surface area (TPSA) is 97.9 Å². The molecule has 7 heteroatoms. The van der Waals surface area contributed by atoms with Gasteiger partial charge in [-0.1, -0.05) is 0 Å². The van der Waals surface area contributed by atoms with Crippen molar-refractivity contribution in [2.24, 2.45) is 12.9 Å². The Morgan fingerprint density at radius 1 is 1.44 bits per heavy atom. The van der Waals surface area contributed by atoms with Crippen molar-refractivity contribution < 1.29 is 4.79 Å². The van der Waals surface area contributed by atoms with Crippen LogP contribution in [0.1, 0.15) is 16.2 Å². The second-order valence-electron chi connectivity index (χ2n) is 3.71. The number of anilines is 1. The number of carbonyl (C=O) groups excluding carboxylic acids is 1. The van der Waals surface area contributed by atoms with Crippen molar-refractivity contribution in [2.45, 2.75) is 6.54 Å². The van der Waals surface area contributed by atoms with E-state index in [-0.39, 0.29) is 5.91 Å². The summed E-state index contributed by atoms with van der Waals surface area (Å²) in [6.45, 7) is 0.371. The minimum absolute atomic E-state index is 0.197. The summed E-state index contributed by atoms with van der Waals surface area (Å²) in [7, 11) is 1.87. The average molecular weight is 246 g/mol. The predicted molar refractivity (Wildman–Crippen MR) is 66.4 cm³/mol. The zero-order valence-corrected chi connectivity index (χ0v) is 9.92. The van der Waals surface area contributed by atoms with Gasteiger partial charge in [0.2, 0.25) is 0 Å². The summed E-state index contributed by atoms with van der Waals surface area (Å²) in [5.74, 6) is 6.27. The van der Waals surface area contributed by atoms with E-state index in [0.29, 0.717) is 17.9 Å². The fourth-order valence-corrected chi connectivity index (χ4v) is 1.48. The van der Waals surface area contributed by atoms with Crippen molar-refractivity contribution in [1.82, 2.24) is 19.9 Å². The first-order valence-electron chi connectivity index (χ1n) is 5.38. The summed E-state index contributed by atoms with van der Waals surface area (Å²) in [5, 5.41) is 2.77. The summed E-state index contributed by atoms with van der Waals surface area (Å²) >= 11 is 0. The highest BCUT2D eigenvalue weighted by Crippen LogP contribution is 2.05. The number of pyridine rings is 1. The number of nitrogens with two attached hydrogens (primary N) is 1. The van der Waals surface area contributed by atoms with Gasteiger partial charge in [0.05, 0.1) is 6.54 Å². The van der Waals surface area contributed by atoms with Crippen molar-refractivity contribution in [2.75, 3.05) is 5.43 Å². The number of carbonyl (C=O) groups is 1. The van der Waals surface area contributed by atoms with Gasteiger partial charge in [-0.3, -0.25) is 4.79 Å². The lowest BCUT2D eigenvalue weighted by Crippen LogP contribution is -2.24. The maximum atomic E-state index is 11.9. The number of hydrogen-bond acceptors (Lipinski definition) is 5. The van der Waals surface area contributed by atoms with Crippen LogP contribution in [0.4, 0.5) is 5.82 Å². The molecule has 4 N–H and O–H groups in total. The lowest BCUT2D eigenvalue weighted by molar-refractivity contribution is 0.0949. The molecule has 0 atom stereocenters. The van der Waals surface area contributed by atoms with Crippen LogP contribution in [-0.2, 0) is 13.6 Å². The smallest absolute Gasteiger partial charge is 0.251 e. The molecular formula is C11H14N6O. The number of imidazole rings is 1. The molecule has 0 unspecified atom stereocenters. The summed E-state index contributed by atoms with van der Waals surface area (Å²) in [6, 6.07) is 3.20. The fraction of sp³-hybridized carbons (Fsp3) is 0.182. The van der Waals surface area contributed by atoms with Gasteiger partial charge < -0.3 is 15.3 Å². The molecule has 94 valence electrons. The third kappa shape index (κ3) is 2.64. The lowest BCUT2D eigenvalue weighted by atomic mass is 10.2. The normalized spacial score (nSPS) is 10.1. The quantitative estimate of drug-likeness (QED) is 0.522. The molecule has 2 heterocycles. The third-order valence-corrected chi connectivity index (χ3v) is 2.50. The number of aryl methyl sites for hydroxylation is 1. The van der Waals surface area contributed by atoms with Crippen LogP contribution in [0.2, 0.25) is 0 Å². The first-order valence-corrected chi connectivity index (χ1v) is 5.38. The van der Waals surface area contributed by atoms with Crippen LogP contribution in [0.5, 0.6) is 0 Å². The Morgan fingerprint density at radius 3 is 2.94 bits per heavy atom. The molecule has 0 bridgehead atoms. The average Bonchev–Trinajstić information content (AvgIpc) is 2.81. The largest absolute Gasteiger partial charge is 0.345 e. The fourth-order valence-electron chi connectivity index (χ4n) is 1.48. The van der Waals surface area contributed by atoms with Crippen molar-refractivity contribution in [3.05, 3.63) is 42.1 Å². The highest BCUT2D eigenvalue weighted by molar-refractivity contribution is 5.94. The molecule has 18 heavy (non-hydrogen) atoms. The van der Waals surface area contributed by atoms with Crippen LogP contribution >= 0.6 is 0 Å². The molecule has 0 radical (unpaired) electrons. The monoisotopic (exact) mass is 246 g/mol. The molecule has 0 spiro atoms. The van der Waals surface area contributed by atoms with E-state index >= 15 is 0 Å². The number of nitrogens with one attached hydrogen (secondary N) is 2. The van der Waals surface area contributed by atoms with Crippen LogP contribution < -0.4 is 16.6 Å². The lowest BCUT2D eigenvalue weighted by Gasteiger charge is -2.06. The van der Waals surface area contributed by atoms with Gasteiger partial charge >= 0.3 is 0 Å². The molecule has 2 rings (SSSR count). The first-order chi connectivity index (χ1) is 8.70. The standard InChI is InChI=1S/C11H14N6O/c1-17-5-4-14-10(17)7-15-11(18)8-2-3-13-9(6-8)16-12/h2-6H,7,12H2,1H3,(H,13,16)(H,15,18). The van der Waals surface area contributed by atoms with Gasteiger partial charge in [-0.2, -0.15) is 0 Å². The second-order valence-corrected chi connectivity index (χ2v) is 3.71. The zero-order chi connectivity index (χ0) is 13.0. The zero-order valence-electron chi connectivity index (χ0n) is 9.92. The maximum Gasteiger partial charge on any atom is 0.251 e. The highest BCUT2D eigenvalue weighted by atomic mass is 16.1. The van der Waals surface area contributed by atoms with Gasteiger partial charge in [-0.05, 0) is 12.1 Å². The Kier molecular flexibility index (Phi) is 3.54. The van der Waals surface area contributed by atoms with Crippen LogP contribution in [0.25, 0.3) is 0 Å². The van der Waals surface area contributed by atoms with Crippen molar-refractivity contribution in [3.8, 4) is 0 Å². The van der Waals surface area contributed by atoms with Gasteiger partial charge in [0.25, 0.3) is 5.91 Å². The van der Waals surface area contributed by atoms with E-state index in [1.54, 1.807) is 18.3 Å². The molecule has 2 aromatic heterocycles. The van der Waals surface area contributed by atoms with E-state index < -0.39 is 0 Å². The van der Waals surface area contributed by atoms with Gasteiger partial charge in [0.15, 0.2) is 0 Å². The van der Waals surface area contributed by atoms with Crippen LogP contribution in [0, 0.1) is 0 Å². The summed E-state index contributed by atoms with van der Waals surface area (Å²) < 4.78 is 1.85. The van der Waals surface area contributed by atoms with Crippen molar-refractivity contribution >= 4 is 11.7 Å². The predicted octanol–water partition coefficient (Wildman–Crippen LogP) is 0.0307. The molecule has 2 aromatic rings. The van der Waals surface area contributed by atoms with E-state index in [0.717, 1.165) is 5.82 Å². The van der Waals surface area contributed by atoms with Crippen molar-refractivity contribution in [1.29, 1.82) is 0 Å². The molecule has 0 aliphatic rings. The van der Waals surface area contributed by atoms with Crippen LogP contribution in [-0.4, -0.2) is 20.4 Å². The highest BCUT2D eigenvalue weighted by Gasteiger charge is 2.07. The molecular weight excluding hydrogens is 232 g/mol. The van der Waals surface area contributed by atoms with E-state index in [1.165, 1.54) is 6.20 Å². The Labute approximate surface area is 104 Å². The number of aromatic nitrogens is 3. The summed E-state index contributed by atoms with van der Waals surface area (Å²) in [6.07, 6.45) is 5.03. The molecule has 0 saturated heterocycles. The number of hydrazine groups is 1. The third-order valence-electron chi connectivity index (χ3n) is 2.50.